The van der Waals surface area contributed by atoms with Gasteiger partial charge in [-0.15, -0.1) is 0 Å². The number of hydrogen-bond donors (Lipinski definition) is 0. The van der Waals surface area contributed by atoms with Crippen LogP contribution in [-0.2, 0) is 9.47 Å². The van der Waals surface area contributed by atoms with Crippen LogP contribution in [0.4, 0.5) is 4.39 Å². The maximum Gasteiger partial charge on any atom is 0.168 e. The summed E-state index contributed by atoms with van der Waals surface area (Å²) in [5, 5.41) is 0. The van der Waals surface area contributed by atoms with Crippen LogP contribution in [0.25, 0.3) is 0 Å². The van der Waals surface area contributed by atoms with Gasteiger partial charge < -0.3 is 9.47 Å². The fraction of sp³-hybridized carbons (Fsp3) is 0.462. The molecule has 1 rings (SSSR count). The lowest BCUT2D eigenvalue weighted by Crippen LogP contribution is -2.19. The Labute approximate surface area is 101 Å². The first-order valence-electron chi connectivity index (χ1n) is 5.35. The van der Waals surface area contributed by atoms with E-state index in [9.17, 15) is 9.18 Å². The van der Waals surface area contributed by atoms with E-state index >= 15 is 0 Å². The van der Waals surface area contributed by atoms with Gasteiger partial charge in [-0.05, 0) is 37.1 Å². The molecule has 0 aromatic heterocycles. The van der Waals surface area contributed by atoms with Crippen molar-refractivity contribution in [3.8, 4) is 0 Å². The highest BCUT2D eigenvalue weighted by Gasteiger charge is 2.18. The van der Waals surface area contributed by atoms with E-state index in [1.807, 2.05) is 0 Å². The molecule has 0 bridgehead atoms. The predicted octanol–water partition coefficient (Wildman–Crippen LogP) is 2.63. The molecule has 17 heavy (non-hydrogen) atoms. The van der Waals surface area contributed by atoms with Crippen molar-refractivity contribution < 1.29 is 18.7 Å². The quantitative estimate of drug-likeness (QED) is 0.586. The molecular formula is C13H17FO3. The first-order valence-corrected chi connectivity index (χ1v) is 5.35. The Balaban J connectivity index is 2.96. The van der Waals surface area contributed by atoms with Gasteiger partial charge in [0.25, 0.3) is 0 Å². The van der Waals surface area contributed by atoms with Crippen LogP contribution in [0, 0.1) is 19.7 Å². The van der Waals surface area contributed by atoms with Crippen molar-refractivity contribution in [2.75, 3.05) is 14.2 Å². The average Bonchev–Trinajstić information content (AvgIpc) is 2.24. The van der Waals surface area contributed by atoms with Gasteiger partial charge in [0.15, 0.2) is 12.1 Å². The van der Waals surface area contributed by atoms with Crippen molar-refractivity contribution >= 4 is 5.78 Å². The number of halogens is 1. The molecule has 0 amide bonds. The summed E-state index contributed by atoms with van der Waals surface area (Å²) in [5.74, 6) is -0.430. The molecule has 0 aliphatic carbocycles. The molecule has 1 aromatic carbocycles. The van der Waals surface area contributed by atoms with E-state index in [0.29, 0.717) is 16.7 Å². The van der Waals surface area contributed by atoms with Crippen LogP contribution in [-0.4, -0.2) is 26.3 Å². The number of hydrogen-bond acceptors (Lipinski definition) is 3. The third kappa shape index (κ3) is 3.35. The molecule has 0 saturated carbocycles. The smallest absolute Gasteiger partial charge is 0.168 e. The number of benzene rings is 1. The molecular weight excluding hydrogens is 223 g/mol. The molecule has 0 saturated heterocycles. The van der Waals surface area contributed by atoms with E-state index in [0.717, 1.165) is 0 Å². The van der Waals surface area contributed by atoms with Gasteiger partial charge in [0.1, 0.15) is 5.82 Å². The van der Waals surface area contributed by atoms with Crippen LogP contribution in [0.3, 0.4) is 0 Å². The van der Waals surface area contributed by atoms with E-state index in [1.165, 1.54) is 26.4 Å². The Hall–Kier alpha value is -1.26. The number of carbonyl (C=O) groups is 1. The number of methoxy groups -OCH3 is 2. The molecule has 0 heterocycles. The number of Topliss-reactive ketones (excluding diaryl/α,β-unsaturated/α-hetero) is 1. The minimum absolute atomic E-state index is 0.103. The molecule has 1 aromatic rings. The van der Waals surface area contributed by atoms with Gasteiger partial charge >= 0.3 is 0 Å². The van der Waals surface area contributed by atoms with Gasteiger partial charge in [-0.3, -0.25) is 4.79 Å². The highest BCUT2D eigenvalue weighted by atomic mass is 19.1. The van der Waals surface area contributed by atoms with Crippen LogP contribution in [0.1, 0.15) is 27.9 Å². The molecule has 3 nitrogen and oxygen atoms in total. The SMILES string of the molecule is COC(CC(=O)c1c(C)cc(F)cc1C)OC. The van der Waals surface area contributed by atoms with Crippen molar-refractivity contribution in [3.05, 3.63) is 34.6 Å². The maximum atomic E-state index is 13.1. The summed E-state index contributed by atoms with van der Waals surface area (Å²) < 4.78 is 23.1. The fourth-order valence-electron chi connectivity index (χ4n) is 1.87. The monoisotopic (exact) mass is 240 g/mol. The van der Waals surface area contributed by atoms with Crippen LogP contribution in [0.15, 0.2) is 12.1 Å². The fourth-order valence-corrected chi connectivity index (χ4v) is 1.87. The summed E-state index contributed by atoms with van der Waals surface area (Å²) in [5.41, 5.74) is 1.82. The average molecular weight is 240 g/mol. The van der Waals surface area contributed by atoms with Gasteiger partial charge in [0, 0.05) is 19.8 Å². The Bertz CT molecular complexity index is 388. The van der Waals surface area contributed by atoms with Crippen LogP contribution in [0.5, 0.6) is 0 Å². The normalized spacial score (nSPS) is 10.9. The van der Waals surface area contributed by atoms with Gasteiger partial charge in [-0.2, -0.15) is 0 Å². The van der Waals surface area contributed by atoms with Crippen LogP contribution in [0.2, 0.25) is 0 Å². The molecule has 0 unspecified atom stereocenters. The highest BCUT2D eigenvalue weighted by Crippen LogP contribution is 2.19. The van der Waals surface area contributed by atoms with Crippen LogP contribution >= 0.6 is 0 Å². The minimum atomic E-state index is -0.564. The lowest BCUT2D eigenvalue weighted by Gasteiger charge is -2.14. The lowest BCUT2D eigenvalue weighted by molar-refractivity contribution is -0.0993. The summed E-state index contributed by atoms with van der Waals surface area (Å²) in [7, 11) is 2.96. The summed E-state index contributed by atoms with van der Waals surface area (Å²) in [6.07, 6.45) is -0.438. The lowest BCUT2D eigenvalue weighted by atomic mass is 9.97. The Kier molecular flexibility index (Phi) is 4.78. The van der Waals surface area contributed by atoms with Gasteiger partial charge in [-0.25, -0.2) is 4.39 Å². The molecule has 4 heteroatoms. The van der Waals surface area contributed by atoms with Crippen molar-refractivity contribution in [1.29, 1.82) is 0 Å². The third-order valence-electron chi connectivity index (χ3n) is 2.65. The van der Waals surface area contributed by atoms with Crippen molar-refractivity contribution in [2.45, 2.75) is 26.6 Å². The molecule has 0 fully saturated rings. The molecule has 0 radical (unpaired) electrons. The van der Waals surface area contributed by atoms with Crippen molar-refractivity contribution in [3.63, 3.8) is 0 Å². The Morgan fingerprint density at radius 2 is 1.71 bits per heavy atom. The zero-order chi connectivity index (χ0) is 13.0. The number of carbonyl (C=O) groups excluding carboxylic acids is 1. The van der Waals surface area contributed by atoms with E-state index < -0.39 is 6.29 Å². The van der Waals surface area contributed by atoms with Crippen molar-refractivity contribution in [1.82, 2.24) is 0 Å². The Morgan fingerprint density at radius 3 is 2.12 bits per heavy atom. The topological polar surface area (TPSA) is 35.5 Å². The van der Waals surface area contributed by atoms with Gasteiger partial charge in [0.05, 0.1) is 6.42 Å². The number of ketones is 1. The summed E-state index contributed by atoms with van der Waals surface area (Å²) in [4.78, 5) is 12.0. The molecule has 0 atom stereocenters. The second-order valence-electron chi connectivity index (χ2n) is 3.94. The summed E-state index contributed by atoms with van der Waals surface area (Å²) in [6, 6.07) is 2.71. The Morgan fingerprint density at radius 1 is 1.24 bits per heavy atom. The summed E-state index contributed by atoms with van der Waals surface area (Å²) in [6.45, 7) is 3.44. The minimum Gasteiger partial charge on any atom is -0.355 e. The maximum absolute atomic E-state index is 13.1. The molecule has 0 spiro atoms. The molecule has 0 aliphatic rings. The summed E-state index contributed by atoms with van der Waals surface area (Å²) >= 11 is 0. The van der Waals surface area contributed by atoms with Crippen molar-refractivity contribution in [2.24, 2.45) is 0 Å². The highest BCUT2D eigenvalue weighted by molar-refractivity contribution is 5.99. The second kappa shape index (κ2) is 5.89. The zero-order valence-electron chi connectivity index (χ0n) is 10.5. The van der Waals surface area contributed by atoms with E-state index in [4.69, 9.17) is 9.47 Å². The third-order valence-corrected chi connectivity index (χ3v) is 2.65. The van der Waals surface area contributed by atoms with E-state index in [-0.39, 0.29) is 18.0 Å². The standard InChI is InChI=1S/C13H17FO3/c1-8-5-10(14)6-9(2)13(8)11(15)7-12(16-3)17-4/h5-6,12H,7H2,1-4H3. The predicted molar refractivity (Wildman–Crippen MR) is 62.6 cm³/mol. The number of ether oxygens (including phenoxy) is 2. The largest absolute Gasteiger partial charge is 0.355 e. The molecule has 94 valence electrons. The first kappa shape index (κ1) is 13.8. The molecule has 0 aliphatic heterocycles. The first-order chi connectivity index (χ1) is 7.99. The van der Waals surface area contributed by atoms with Crippen LogP contribution < -0.4 is 0 Å². The number of rotatable bonds is 5. The van der Waals surface area contributed by atoms with Gasteiger partial charge in [0.2, 0.25) is 0 Å². The molecule has 0 N–H and O–H groups in total. The van der Waals surface area contributed by atoms with E-state index in [2.05, 4.69) is 0 Å². The zero-order valence-corrected chi connectivity index (χ0v) is 10.5. The van der Waals surface area contributed by atoms with E-state index in [1.54, 1.807) is 13.8 Å². The number of aryl methyl sites for hydroxylation is 2. The second-order valence-corrected chi connectivity index (χ2v) is 3.94. The van der Waals surface area contributed by atoms with Gasteiger partial charge in [-0.1, -0.05) is 0 Å².